The molecular weight excluding hydrogens is 156 g/mol. The Morgan fingerprint density at radius 3 is 2.92 bits per heavy atom. The van der Waals surface area contributed by atoms with Crippen LogP contribution in [0.5, 0.6) is 0 Å². The van der Waals surface area contributed by atoms with Gasteiger partial charge in [0.25, 0.3) is 0 Å². The molecule has 0 heterocycles. The molecule has 0 aromatic heterocycles. The lowest BCUT2D eigenvalue weighted by Crippen LogP contribution is -2.22. The van der Waals surface area contributed by atoms with Gasteiger partial charge in [-0.05, 0) is 24.7 Å². The van der Waals surface area contributed by atoms with Crippen LogP contribution in [0.4, 0.5) is 0 Å². The molecule has 2 unspecified atom stereocenters. The summed E-state index contributed by atoms with van der Waals surface area (Å²) in [6.45, 7) is 4.64. The van der Waals surface area contributed by atoms with Gasteiger partial charge in [-0.25, -0.2) is 0 Å². The van der Waals surface area contributed by atoms with Crippen LogP contribution in [0.1, 0.15) is 26.7 Å². The second-order valence-corrected chi connectivity index (χ2v) is 4.44. The van der Waals surface area contributed by atoms with Crippen LogP contribution in [0.15, 0.2) is 36.0 Å². The maximum Gasteiger partial charge on any atom is 0.00454 e. The fourth-order valence-electron chi connectivity index (χ4n) is 2.42. The van der Waals surface area contributed by atoms with E-state index in [2.05, 4.69) is 44.2 Å². The van der Waals surface area contributed by atoms with Crippen molar-refractivity contribution < 1.29 is 0 Å². The van der Waals surface area contributed by atoms with Crippen LogP contribution in [0.25, 0.3) is 0 Å². The zero-order valence-electron chi connectivity index (χ0n) is 8.53. The molecule has 0 amide bonds. The van der Waals surface area contributed by atoms with Gasteiger partial charge in [-0.1, -0.05) is 49.8 Å². The molecule has 2 aliphatic carbocycles. The summed E-state index contributed by atoms with van der Waals surface area (Å²) >= 11 is 0. The zero-order valence-corrected chi connectivity index (χ0v) is 8.53. The van der Waals surface area contributed by atoms with Gasteiger partial charge in [-0.2, -0.15) is 0 Å². The maximum absolute atomic E-state index is 2.41. The Balaban J connectivity index is 2.25. The molecule has 2 aliphatic rings. The van der Waals surface area contributed by atoms with E-state index >= 15 is 0 Å². The van der Waals surface area contributed by atoms with E-state index in [-0.39, 0.29) is 0 Å². The summed E-state index contributed by atoms with van der Waals surface area (Å²) in [4.78, 5) is 0. The van der Waals surface area contributed by atoms with Crippen molar-refractivity contribution in [3.8, 4) is 0 Å². The average molecular weight is 174 g/mol. The molecule has 0 nitrogen and oxygen atoms in total. The fourth-order valence-corrected chi connectivity index (χ4v) is 2.42. The Morgan fingerprint density at radius 1 is 1.31 bits per heavy atom. The smallest absolute Gasteiger partial charge is 0.00454 e. The summed E-state index contributed by atoms with van der Waals surface area (Å²) in [5.41, 5.74) is 1.64. The summed E-state index contributed by atoms with van der Waals surface area (Å²) in [6.07, 6.45) is 14.2. The first-order valence-corrected chi connectivity index (χ1v) is 5.33. The Labute approximate surface area is 81.0 Å². The third-order valence-electron chi connectivity index (χ3n) is 3.20. The highest BCUT2D eigenvalue weighted by molar-refractivity contribution is 5.29. The van der Waals surface area contributed by atoms with Crippen LogP contribution in [-0.4, -0.2) is 0 Å². The molecule has 0 N–H and O–H groups in total. The van der Waals surface area contributed by atoms with Crippen molar-refractivity contribution in [3.05, 3.63) is 36.0 Å². The van der Waals surface area contributed by atoms with Gasteiger partial charge in [0.15, 0.2) is 0 Å². The van der Waals surface area contributed by atoms with Crippen LogP contribution in [-0.2, 0) is 0 Å². The van der Waals surface area contributed by atoms with Crippen LogP contribution in [0, 0.1) is 17.8 Å². The predicted molar refractivity (Wildman–Crippen MR) is 57.4 cm³/mol. The highest BCUT2D eigenvalue weighted by Gasteiger charge is 2.26. The van der Waals surface area contributed by atoms with E-state index in [1.807, 2.05) is 0 Å². The van der Waals surface area contributed by atoms with Crippen molar-refractivity contribution in [2.24, 2.45) is 17.8 Å². The Bertz CT molecular complexity index is 266. The molecule has 2 rings (SSSR count). The largest absolute Gasteiger partial charge is 0.0876 e. The lowest BCUT2D eigenvalue weighted by molar-refractivity contribution is 0.383. The van der Waals surface area contributed by atoms with Gasteiger partial charge in [0, 0.05) is 5.92 Å². The van der Waals surface area contributed by atoms with Gasteiger partial charge in [0.05, 0.1) is 0 Å². The van der Waals surface area contributed by atoms with E-state index in [1.54, 1.807) is 5.57 Å². The van der Waals surface area contributed by atoms with E-state index in [1.165, 1.54) is 12.8 Å². The third kappa shape index (κ3) is 1.63. The van der Waals surface area contributed by atoms with Crippen molar-refractivity contribution in [2.75, 3.05) is 0 Å². The van der Waals surface area contributed by atoms with Crippen molar-refractivity contribution in [1.29, 1.82) is 0 Å². The maximum atomic E-state index is 2.41. The first-order chi connectivity index (χ1) is 6.29. The normalized spacial score (nSPS) is 31.8. The highest BCUT2D eigenvalue weighted by atomic mass is 14.3. The second kappa shape index (κ2) is 3.53. The molecular formula is C13H18. The van der Waals surface area contributed by atoms with Gasteiger partial charge in [0.1, 0.15) is 0 Å². The molecule has 0 radical (unpaired) electrons. The van der Waals surface area contributed by atoms with E-state index in [0.717, 1.165) is 11.8 Å². The van der Waals surface area contributed by atoms with Gasteiger partial charge in [0.2, 0.25) is 0 Å². The molecule has 0 fully saturated rings. The molecule has 0 saturated carbocycles. The fraction of sp³-hybridized carbons (Fsp3) is 0.538. The van der Waals surface area contributed by atoms with E-state index < -0.39 is 0 Å². The number of hydrogen-bond donors (Lipinski definition) is 0. The first kappa shape index (κ1) is 8.80. The van der Waals surface area contributed by atoms with E-state index in [9.17, 15) is 0 Å². The summed E-state index contributed by atoms with van der Waals surface area (Å²) in [6, 6.07) is 0. The molecule has 0 aromatic carbocycles. The summed E-state index contributed by atoms with van der Waals surface area (Å²) in [5.74, 6) is 2.20. The van der Waals surface area contributed by atoms with Crippen LogP contribution in [0.2, 0.25) is 0 Å². The third-order valence-corrected chi connectivity index (χ3v) is 3.20. The minimum atomic E-state index is 0.707. The SMILES string of the molecule is CC(C)C1C=CC=C2CCC=CC21. The van der Waals surface area contributed by atoms with Crippen molar-refractivity contribution >= 4 is 0 Å². The van der Waals surface area contributed by atoms with Crippen molar-refractivity contribution in [1.82, 2.24) is 0 Å². The number of hydrogen-bond acceptors (Lipinski definition) is 0. The molecule has 13 heavy (non-hydrogen) atoms. The molecule has 0 saturated heterocycles. The van der Waals surface area contributed by atoms with Gasteiger partial charge < -0.3 is 0 Å². The Morgan fingerprint density at radius 2 is 2.15 bits per heavy atom. The van der Waals surface area contributed by atoms with E-state index in [4.69, 9.17) is 0 Å². The molecule has 0 heteroatoms. The first-order valence-electron chi connectivity index (χ1n) is 5.33. The lowest BCUT2D eigenvalue weighted by atomic mass is 9.73. The number of fused-ring (bicyclic) bond motifs is 1. The monoisotopic (exact) mass is 174 g/mol. The Kier molecular flexibility index (Phi) is 2.39. The Hall–Kier alpha value is -0.780. The van der Waals surface area contributed by atoms with Crippen LogP contribution in [0.3, 0.4) is 0 Å². The topological polar surface area (TPSA) is 0 Å². The van der Waals surface area contributed by atoms with Gasteiger partial charge in [-0.15, -0.1) is 0 Å². The van der Waals surface area contributed by atoms with Crippen LogP contribution >= 0.6 is 0 Å². The lowest BCUT2D eigenvalue weighted by Gasteiger charge is -2.32. The minimum absolute atomic E-state index is 0.707. The number of allylic oxidation sites excluding steroid dienone is 6. The van der Waals surface area contributed by atoms with E-state index in [0.29, 0.717) is 5.92 Å². The second-order valence-electron chi connectivity index (χ2n) is 4.44. The molecule has 0 aromatic rings. The van der Waals surface area contributed by atoms with Gasteiger partial charge >= 0.3 is 0 Å². The molecule has 70 valence electrons. The zero-order chi connectivity index (χ0) is 9.26. The average Bonchev–Trinajstić information content (AvgIpc) is 2.17. The molecule has 0 bridgehead atoms. The standard InChI is InChI=1S/C13H18/c1-10(2)12-9-5-7-11-6-3-4-8-13(11)12/h4-5,7-10,12-13H,3,6H2,1-2H3. The number of rotatable bonds is 1. The van der Waals surface area contributed by atoms with Crippen LogP contribution < -0.4 is 0 Å². The highest BCUT2D eigenvalue weighted by Crippen LogP contribution is 2.37. The minimum Gasteiger partial charge on any atom is -0.0876 e. The van der Waals surface area contributed by atoms with Crippen molar-refractivity contribution in [3.63, 3.8) is 0 Å². The molecule has 0 spiro atoms. The summed E-state index contributed by atoms with van der Waals surface area (Å²) in [7, 11) is 0. The summed E-state index contributed by atoms with van der Waals surface area (Å²) < 4.78 is 0. The molecule has 0 aliphatic heterocycles. The van der Waals surface area contributed by atoms with Gasteiger partial charge in [-0.3, -0.25) is 0 Å². The van der Waals surface area contributed by atoms with Crippen molar-refractivity contribution in [2.45, 2.75) is 26.7 Å². The summed E-state index contributed by atoms with van der Waals surface area (Å²) in [5, 5.41) is 0. The molecule has 2 atom stereocenters. The predicted octanol–water partition coefficient (Wildman–Crippen LogP) is 3.72. The quantitative estimate of drug-likeness (QED) is 0.531.